The van der Waals surface area contributed by atoms with Gasteiger partial charge in [-0.05, 0) is 31.9 Å². The van der Waals surface area contributed by atoms with E-state index in [0.29, 0.717) is 17.8 Å². The third-order valence-corrected chi connectivity index (χ3v) is 4.68. The maximum atomic E-state index is 12.5. The van der Waals surface area contributed by atoms with Gasteiger partial charge in [-0.15, -0.1) is 0 Å². The Bertz CT molecular complexity index is 776. The fourth-order valence-corrected chi connectivity index (χ4v) is 3.08. The minimum absolute atomic E-state index is 0.249. The quantitative estimate of drug-likeness (QED) is 0.796. The predicted octanol–water partition coefficient (Wildman–Crippen LogP) is 3.52. The highest BCUT2D eigenvalue weighted by atomic mass is 32.2. The van der Waals surface area contributed by atoms with Gasteiger partial charge in [0.25, 0.3) is 10.0 Å². The monoisotopic (exact) mass is 318 g/mol. The lowest BCUT2D eigenvalue weighted by atomic mass is 10.2. The van der Waals surface area contributed by atoms with E-state index >= 15 is 0 Å². The summed E-state index contributed by atoms with van der Waals surface area (Å²) in [6.45, 7) is 9.55. The van der Waals surface area contributed by atoms with Crippen molar-refractivity contribution in [3.05, 3.63) is 47.5 Å². The fraction of sp³-hybridized carbons (Fsp3) is 0.353. The summed E-state index contributed by atoms with van der Waals surface area (Å²) in [6.07, 6.45) is 2.02. The van der Waals surface area contributed by atoms with Crippen molar-refractivity contribution in [1.82, 2.24) is 8.96 Å². The van der Waals surface area contributed by atoms with Crippen LogP contribution in [-0.2, 0) is 10.0 Å². The Morgan fingerprint density at radius 2 is 1.73 bits per heavy atom. The van der Waals surface area contributed by atoms with Gasteiger partial charge in [0, 0.05) is 6.42 Å². The van der Waals surface area contributed by atoms with Gasteiger partial charge >= 0.3 is 0 Å². The summed E-state index contributed by atoms with van der Waals surface area (Å²) in [7, 11) is -3.60. The minimum Gasteiger partial charge on any atom is -0.227 e. The standard InChI is InChI=1S/C15H16N2O2S.C2H6/c1-4-5-6-15-13(3)17(11-16-15)20(18,19)14-9-7-12(2)8-10-14;1-2/h7-11H,4H2,1-3H3;1-2H3. The average molecular weight is 318 g/mol. The van der Waals surface area contributed by atoms with Crippen LogP contribution in [-0.4, -0.2) is 17.4 Å². The Balaban J connectivity index is 0.00000116. The maximum absolute atomic E-state index is 12.5. The van der Waals surface area contributed by atoms with Gasteiger partial charge in [0.15, 0.2) is 0 Å². The lowest BCUT2D eigenvalue weighted by Crippen LogP contribution is -2.13. The van der Waals surface area contributed by atoms with Crippen molar-refractivity contribution >= 4 is 10.0 Å². The van der Waals surface area contributed by atoms with Crippen LogP contribution in [0.5, 0.6) is 0 Å². The molecule has 0 aliphatic heterocycles. The van der Waals surface area contributed by atoms with Crippen molar-refractivity contribution in [3.8, 4) is 11.8 Å². The van der Waals surface area contributed by atoms with E-state index in [9.17, 15) is 8.42 Å². The van der Waals surface area contributed by atoms with Gasteiger partial charge in [-0.3, -0.25) is 0 Å². The summed E-state index contributed by atoms with van der Waals surface area (Å²) in [5.41, 5.74) is 2.05. The van der Waals surface area contributed by atoms with E-state index in [1.54, 1.807) is 31.2 Å². The molecular weight excluding hydrogens is 296 g/mol. The van der Waals surface area contributed by atoms with Gasteiger partial charge < -0.3 is 0 Å². The van der Waals surface area contributed by atoms with Crippen LogP contribution in [0.1, 0.15) is 44.1 Å². The summed E-state index contributed by atoms with van der Waals surface area (Å²) in [5.74, 6) is 5.77. The van der Waals surface area contributed by atoms with Crippen molar-refractivity contribution in [2.45, 2.75) is 45.9 Å². The van der Waals surface area contributed by atoms with Crippen LogP contribution in [0.2, 0.25) is 0 Å². The molecule has 0 saturated heterocycles. The summed E-state index contributed by atoms with van der Waals surface area (Å²) in [5, 5.41) is 0. The summed E-state index contributed by atoms with van der Waals surface area (Å²) in [6, 6.07) is 6.75. The van der Waals surface area contributed by atoms with Crippen LogP contribution in [0.3, 0.4) is 0 Å². The van der Waals surface area contributed by atoms with Gasteiger partial charge in [-0.2, -0.15) is 0 Å². The van der Waals surface area contributed by atoms with Crippen molar-refractivity contribution in [1.29, 1.82) is 0 Å². The predicted molar refractivity (Wildman–Crippen MR) is 89.2 cm³/mol. The molecule has 5 heteroatoms. The third kappa shape index (κ3) is 3.77. The molecule has 1 heterocycles. The van der Waals surface area contributed by atoms with Gasteiger partial charge in [-0.1, -0.05) is 44.4 Å². The molecular formula is C17H22N2O2S. The number of imidazole rings is 1. The average Bonchev–Trinajstić information content (AvgIpc) is 2.89. The van der Waals surface area contributed by atoms with E-state index < -0.39 is 10.0 Å². The molecule has 2 aromatic rings. The van der Waals surface area contributed by atoms with Gasteiger partial charge in [0.1, 0.15) is 12.0 Å². The molecule has 0 aliphatic rings. The van der Waals surface area contributed by atoms with Crippen LogP contribution in [0.4, 0.5) is 0 Å². The molecule has 0 spiro atoms. The zero-order chi connectivity index (χ0) is 16.8. The molecule has 0 saturated carbocycles. The summed E-state index contributed by atoms with van der Waals surface area (Å²) >= 11 is 0. The topological polar surface area (TPSA) is 52.0 Å². The van der Waals surface area contributed by atoms with E-state index in [4.69, 9.17) is 0 Å². The van der Waals surface area contributed by atoms with Crippen molar-refractivity contribution in [2.24, 2.45) is 0 Å². The lowest BCUT2D eigenvalue weighted by Gasteiger charge is -2.07. The van der Waals surface area contributed by atoms with Crippen LogP contribution >= 0.6 is 0 Å². The van der Waals surface area contributed by atoms with Gasteiger partial charge in [0.2, 0.25) is 0 Å². The first-order valence-electron chi connectivity index (χ1n) is 7.32. The van der Waals surface area contributed by atoms with Gasteiger partial charge in [-0.25, -0.2) is 17.4 Å². The van der Waals surface area contributed by atoms with Crippen molar-refractivity contribution < 1.29 is 8.42 Å². The van der Waals surface area contributed by atoms with E-state index in [0.717, 1.165) is 5.56 Å². The molecule has 0 amide bonds. The van der Waals surface area contributed by atoms with Gasteiger partial charge in [0.05, 0.1) is 10.6 Å². The van der Waals surface area contributed by atoms with Crippen LogP contribution < -0.4 is 0 Å². The van der Waals surface area contributed by atoms with Crippen molar-refractivity contribution in [3.63, 3.8) is 0 Å². The normalized spacial score (nSPS) is 10.2. The molecule has 0 aliphatic carbocycles. The second-order valence-corrected chi connectivity index (χ2v) is 6.26. The molecule has 0 fully saturated rings. The molecule has 0 unspecified atom stereocenters. The molecule has 0 bridgehead atoms. The van der Waals surface area contributed by atoms with Crippen LogP contribution in [0.25, 0.3) is 0 Å². The minimum atomic E-state index is -3.60. The maximum Gasteiger partial charge on any atom is 0.269 e. The number of aromatic nitrogens is 2. The zero-order valence-corrected chi connectivity index (χ0v) is 14.5. The molecule has 1 aromatic heterocycles. The molecule has 4 nitrogen and oxygen atoms in total. The first-order chi connectivity index (χ1) is 10.5. The Labute approximate surface area is 133 Å². The largest absolute Gasteiger partial charge is 0.269 e. The molecule has 22 heavy (non-hydrogen) atoms. The third-order valence-electron chi connectivity index (χ3n) is 2.93. The number of nitrogens with zero attached hydrogens (tertiary/aromatic N) is 2. The highest BCUT2D eigenvalue weighted by Crippen LogP contribution is 2.17. The molecule has 118 valence electrons. The Morgan fingerprint density at radius 1 is 1.14 bits per heavy atom. The molecule has 0 radical (unpaired) electrons. The highest BCUT2D eigenvalue weighted by Gasteiger charge is 2.20. The highest BCUT2D eigenvalue weighted by molar-refractivity contribution is 7.90. The number of benzene rings is 1. The number of hydrogen-bond acceptors (Lipinski definition) is 3. The van der Waals surface area contributed by atoms with Crippen LogP contribution in [0, 0.1) is 25.7 Å². The Morgan fingerprint density at radius 3 is 2.27 bits per heavy atom. The number of rotatable bonds is 2. The molecule has 2 rings (SSSR count). The van der Waals surface area contributed by atoms with Crippen molar-refractivity contribution in [2.75, 3.05) is 0 Å². The second kappa shape index (κ2) is 7.81. The number of hydrogen-bond donors (Lipinski definition) is 0. The molecule has 1 aromatic carbocycles. The second-order valence-electron chi connectivity index (χ2n) is 4.45. The first kappa shape index (κ1) is 18.0. The van der Waals surface area contributed by atoms with E-state index in [1.807, 2.05) is 27.7 Å². The Hall–Kier alpha value is -2.06. The molecule has 0 N–H and O–H groups in total. The van der Waals surface area contributed by atoms with E-state index in [1.165, 1.54) is 10.3 Å². The number of aryl methyl sites for hydroxylation is 1. The summed E-state index contributed by atoms with van der Waals surface area (Å²) < 4.78 is 26.2. The zero-order valence-electron chi connectivity index (χ0n) is 13.7. The fourth-order valence-electron chi connectivity index (χ4n) is 1.76. The SMILES string of the molecule is CC.CCC#Cc1ncn(S(=O)(=O)c2ccc(C)cc2)c1C. The summed E-state index contributed by atoms with van der Waals surface area (Å²) in [4.78, 5) is 4.32. The van der Waals surface area contributed by atoms with E-state index in [2.05, 4.69) is 16.8 Å². The first-order valence-corrected chi connectivity index (χ1v) is 8.76. The van der Waals surface area contributed by atoms with E-state index in [-0.39, 0.29) is 4.90 Å². The molecule has 0 atom stereocenters. The smallest absolute Gasteiger partial charge is 0.227 e. The van der Waals surface area contributed by atoms with Crippen LogP contribution in [0.15, 0.2) is 35.5 Å². The Kier molecular flexibility index (Phi) is 6.39. The lowest BCUT2D eigenvalue weighted by molar-refractivity contribution is 0.586.